The number of carbonyl (C=O) groups excluding carboxylic acids is 5. The Balaban J connectivity index is 0.954. The number of Topliss-reactive ketones (excluding diaryl/α,β-unsaturated/α-hetero) is 1. The molecule has 0 radical (unpaired) electrons. The molecule has 5 aromatic rings. The molecule has 3 aliphatic rings. The number of amides is 4. The number of hydrogen-bond acceptors (Lipinski definition) is 9. The number of hydrogen-bond donors (Lipinski definition) is 1. The van der Waals surface area contributed by atoms with E-state index < -0.39 is 29.7 Å². The summed E-state index contributed by atoms with van der Waals surface area (Å²) in [6.45, 7) is 0.344. The van der Waals surface area contributed by atoms with Gasteiger partial charge in [0.05, 0.1) is 16.8 Å². The second-order valence-corrected chi connectivity index (χ2v) is 12.2. The zero-order chi connectivity index (χ0) is 34.4. The number of pyridine rings is 1. The number of imide groups is 2. The number of benzene rings is 3. The number of carbonyl (C=O) groups is 5. The van der Waals surface area contributed by atoms with Crippen LogP contribution in [0.3, 0.4) is 0 Å². The van der Waals surface area contributed by atoms with E-state index in [1.807, 2.05) is 54.7 Å². The van der Waals surface area contributed by atoms with Crippen LogP contribution in [-0.4, -0.2) is 68.3 Å². The normalized spacial score (nSPS) is 16.8. The topological polar surface area (TPSA) is 150 Å². The summed E-state index contributed by atoms with van der Waals surface area (Å²) in [5.41, 5.74) is 6.54. The molecule has 0 spiro atoms. The summed E-state index contributed by atoms with van der Waals surface area (Å²) in [7, 11) is 0. The molecule has 1 atom stereocenters. The van der Waals surface area contributed by atoms with Gasteiger partial charge in [0, 0.05) is 54.2 Å². The van der Waals surface area contributed by atoms with Gasteiger partial charge in [0.2, 0.25) is 11.8 Å². The SMILES string of the molecule is O=C1CCC(N2C(=O)c3ccc(OCCOc4cccc(-n5cc(-c6ccc7c(c6)CCC7=O)c(-c6ccncc6)n5)c4)cc3C2=O)C(=O)N1. The molecular formula is C38H29N5O7. The summed E-state index contributed by atoms with van der Waals surface area (Å²) in [5, 5.41) is 7.14. The van der Waals surface area contributed by atoms with Gasteiger partial charge >= 0.3 is 0 Å². The Morgan fingerprint density at radius 2 is 1.48 bits per heavy atom. The molecule has 4 heterocycles. The van der Waals surface area contributed by atoms with Crippen LogP contribution in [0.1, 0.15) is 55.9 Å². The number of aromatic nitrogens is 3. The van der Waals surface area contributed by atoms with E-state index >= 15 is 0 Å². The minimum Gasteiger partial charge on any atom is -0.490 e. The second-order valence-electron chi connectivity index (χ2n) is 12.2. The van der Waals surface area contributed by atoms with Crippen molar-refractivity contribution in [3.63, 3.8) is 0 Å². The average molecular weight is 668 g/mol. The quantitative estimate of drug-likeness (QED) is 0.176. The highest BCUT2D eigenvalue weighted by Gasteiger charge is 2.44. The van der Waals surface area contributed by atoms with E-state index in [0.29, 0.717) is 17.9 Å². The molecule has 0 bridgehead atoms. The van der Waals surface area contributed by atoms with Crippen LogP contribution in [0.25, 0.3) is 28.1 Å². The lowest BCUT2D eigenvalue weighted by atomic mass is 9.98. The van der Waals surface area contributed by atoms with Gasteiger partial charge in [0.1, 0.15) is 36.4 Å². The Morgan fingerprint density at radius 3 is 2.28 bits per heavy atom. The van der Waals surface area contributed by atoms with Crippen LogP contribution >= 0.6 is 0 Å². The predicted octanol–water partition coefficient (Wildman–Crippen LogP) is 4.59. The molecule has 1 aliphatic carbocycles. The van der Waals surface area contributed by atoms with E-state index in [4.69, 9.17) is 14.6 Å². The first-order chi connectivity index (χ1) is 24.3. The number of aryl methyl sites for hydroxylation is 1. The molecule has 8 rings (SSSR count). The van der Waals surface area contributed by atoms with Crippen LogP contribution in [0, 0.1) is 0 Å². The number of nitrogens with one attached hydrogen (secondary N) is 1. The monoisotopic (exact) mass is 667 g/mol. The van der Waals surface area contributed by atoms with Gasteiger partial charge in [-0.15, -0.1) is 0 Å². The van der Waals surface area contributed by atoms with Gasteiger partial charge in [-0.05, 0) is 66.4 Å². The van der Waals surface area contributed by atoms with Crippen LogP contribution in [-0.2, 0) is 16.0 Å². The fourth-order valence-electron chi connectivity index (χ4n) is 6.64. The third-order valence-electron chi connectivity index (χ3n) is 9.12. The molecule has 248 valence electrons. The Labute approximate surface area is 285 Å². The van der Waals surface area contributed by atoms with Crippen LogP contribution < -0.4 is 14.8 Å². The molecule has 12 heteroatoms. The molecule has 1 saturated heterocycles. The molecule has 3 aromatic carbocycles. The maximum Gasteiger partial charge on any atom is 0.262 e. The minimum atomic E-state index is -1.03. The molecule has 2 aromatic heterocycles. The Hall–Kier alpha value is -6.43. The van der Waals surface area contributed by atoms with Crippen LogP contribution in [0.15, 0.2) is 91.4 Å². The summed E-state index contributed by atoms with van der Waals surface area (Å²) in [5.74, 6) is -1.11. The van der Waals surface area contributed by atoms with Crippen molar-refractivity contribution in [3.05, 3.63) is 114 Å². The Bertz CT molecular complexity index is 2230. The minimum absolute atomic E-state index is 0.0515. The maximum atomic E-state index is 13.1. The van der Waals surface area contributed by atoms with Crippen molar-refractivity contribution in [2.24, 2.45) is 0 Å². The lowest BCUT2D eigenvalue weighted by Crippen LogP contribution is -2.54. The number of rotatable bonds is 9. The summed E-state index contributed by atoms with van der Waals surface area (Å²) in [6.07, 6.45) is 6.83. The van der Waals surface area contributed by atoms with Crippen molar-refractivity contribution < 1.29 is 33.4 Å². The number of nitrogens with zero attached hydrogens (tertiary/aromatic N) is 4. The molecule has 0 saturated carbocycles. The lowest BCUT2D eigenvalue weighted by Gasteiger charge is -2.27. The summed E-state index contributed by atoms with van der Waals surface area (Å²) >= 11 is 0. The highest BCUT2D eigenvalue weighted by molar-refractivity contribution is 6.23. The summed E-state index contributed by atoms with van der Waals surface area (Å²) < 4.78 is 13.6. The van der Waals surface area contributed by atoms with Crippen LogP contribution in [0.4, 0.5) is 0 Å². The van der Waals surface area contributed by atoms with Gasteiger partial charge in [-0.3, -0.25) is 39.2 Å². The van der Waals surface area contributed by atoms with Crippen molar-refractivity contribution in [2.75, 3.05) is 13.2 Å². The molecule has 12 nitrogen and oxygen atoms in total. The van der Waals surface area contributed by atoms with Crippen LogP contribution in [0.5, 0.6) is 11.5 Å². The fraction of sp³-hybridized carbons (Fsp3) is 0.184. The second kappa shape index (κ2) is 12.5. The first-order valence-corrected chi connectivity index (χ1v) is 16.2. The predicted molar refractivity (Wildman–Crippen MR) is 179 cm³/mol. The number of ketones is 1. The first kappa shape index (κ1) is 30.9. The van der Waals surface area contributed by atoms with Crippen molar-refractivity contribution in [1.82, 2.24) is 25.0 Å². The van der Waals surface area contributed by atoms with Gasteiger partial charge in [-0.2, -0.15) is 5.10 Å². The van der Waals surface area contributed by atoms with E-state index in [2.05, 4.69) is 16.4 Å². The van der Waals surface area contributed by atoms with Gasteiger partial charge in [-0.1, -0.05) is 24.3 Å². The van der Waals surface area contributed by atoms with E-state index in [0.717, 1.165) is 50.5 Å². The van der Waals surface area contributed by atoms with Crippen molar-refractivity contribution in [1.29, 1.82) is 0 Å². The molecule has 1 unspecified atom stereocenters. The third-order valence-corrected chi connectivity index (χ3v) is 9.12. The van der Waals surface area contributed by atoms with Crippen molar-refractivity contribution in [3.8, 4) is 39.6 Å². The molecule has 4 amide bonds. The van der Waals surface area contributed by atoms with E-state index in [1.54, 1.807) is 23.1 Å². The molecule has 1 fully saturated rings. The molecule has 2 aliphatic heterocycles. The molecule has 50 heavy (non-hydrogen) atoms. The zero-order valence-corrected chi connectivity index (χ0v) is 26.6. The van der Waals surface area contributed by atoms with Crippen molar-refractivity contribution >= 4 is 29.4 Å². The zero-order valence-electron chi connectivity index (χ0n) is 26.6. The third kappa shape index (κ3) is 5.60. The Kier molecular flexibility index (Phi) is 7.75. The maximum absolute atomic E-state index is 13.1. The summed E-state index contributed by atoms with van der Waals surface area (Å²) in [6, 6.07) is 20.8. The smallest absolute Gasteiger partial charge is 0.262 e. The highest BCUT2D eigenvalue weighted by Crippen LogP contribution is 2.35. The van der Waals surface area contributed by atoms with Gasteiger partial charge in [-0.25, -0.2) is 4.68 Å². The average Bonchev–Trinajstić information content (AvgIpc) is 3.81. The van der Waals surface area contributed by atoms with Crippen LogP contribution in [0.2, 0.25) is 0 Å². The number of ether oxygens (including phenoxy) is 2. The lowest BCUT2D eigenvalue weighted by molar-refractivity contribution is -0.136. The van der Waals surface area contributed by atoms with E-state index in [1.165, 1.54) is 12.1 Å². The standard InChI is InChI=1S/C38H29N5O7/c44-33-10-5-23-18-24(4-7-28(23)33)31-21-42(41-35(31)22-12-14-39-15-13-22)25-2-1-3-26(19-25)49-16-17-50-27-6-8-29-30(20-27)38(48)43(37(29)47)32-9-11-34(45)40-36(32)46/h1-4,6-8,12-15,18-21,32H,5,9-11,16-17H2,(H,40,45,46). The molecular weight excluding hydrogens is 638 g/mol. The molecule has 1 N–H and O–H groups in total. The fourth-order valence-corrected chi connectivity index (χ4v) is 6.64. The first-order valence-electron chi connectivity index (χ1n) is 16.2. The van der Waals surface area contributed by atoms with Gasteiger partial charge < -0.3 is 9.47 Å². The van der Waals surface area contributed by atoms with Crippen molar-refractivity contribution in [2.45, 2.75) is 31.7 Å². The van der Waals surface area contributed by atoms with E-state index in [9.17, 15) is 24.0 Å². The van der Waals surface area contributed by atoms with Gasteiger partial charge in [0.25, 0.3) is 11.8 Å². The van der Waals surface area contributed by atoms with E-state index in [-0.39, 0.29) is 43.0 Å². The largest absolute Gasteiger partial charge is 0.490 e. The number of fused-ring (bicyclic) bond motifs is 2. The Morgan fingerprint density at radius 1 is 0.720 bits per heavy atom. The van der Waals surface area contributed by atoms with Gasteiger partial charge in [0.15, 0.2) is 5.78 Å². The number of piperidine rings is 1. The summed E-state index contributed by atoms with van der Waals surface area (Å²) in [4.78, 5) is 67.3. The highest BCUT2D eigenvalue weighted by atomic mass is 16.5.